The minimum atomic E-state index is -0.748. The maximum atomic E-state index is 12.7. The van der Waals surface area contributed by atoms with Gasteiger partial charge in [-0.05, 0) is 61.1 Å². The average Bonchev–Trinajstić information content (AvgIpc) is 3.30. The van der Waals surface area contributed by atoms with Crippen molar-refractivity contribution in [2.75, 3.05) is 19.7 Å². The highest BCUT2D eigenvalue weighted by Crippen LogP contribution is 2.33. The molecule has 1 N–H and O–H groups in total. The highest BCUT2D eigenvalue weighted by Gasteiger charge is 2.40. The second-order valence-electron chi connectivity index (χ2n) is 7.92. The van der Waals surface area contributed by atoms with Crippen molar-refractivity contribution in [2.45, 2.75) is 51.0 Å². The molecule has 2 saturated heterocycles. The van der Waals surface area contributed by atoms with Gasteiger partial charge in [-0.1, -0.05) is 18.2 Å². The first-order valence-electron chi connectivity index (χ1n) is 9.84. The lowest BCUT2D eigenvalue weighted by Crippen LogP contribution is -2.43. The third kappa shape index (κ3) is 3.50. The van der Waals surface area contributed by atoms with Gasteiger partial charge in [0.1, 0.15) is 0 Å². The summed E-state index contributed by atoms with van der Waals surface area (Å²) >= 11 is 0. The Hall–Kier alpha value is -1.88. The molecule has 140 valence electrons. The topological polar surface area (TPSA) is 66.8 Å². The Labute approximate surface area is 154 Å². The normalized spacial score (nSPS) is 26.1. The third-order valence-corrected chi connectivity index (χ3v) is 6.33. The Balaban J connectivity index is 1.31. The fourth-order valence-electron chi connectivity index (χ4n) is 4.84. The van der Waals surface area contributed by atoms with Crippen molar-refractivity contribution < 1.29 is 19.4 Å². The van der Waals surface area contributed by atoms with Crippen molar-refractivity contribution in [3.63, 3.8) is 0 Å². The lowest BCUT2D eigenvalue weighted by molar-refractivity contribution is -0.145. The number of hydrogen-bond acceptors (Lipinski definition) is 3. The molecule has 0 saturated carbocycles. The molecule has 1 amide bonds. The number of piperidine rings is 1. The van der Waals surface area contributed by atoms with Crippen LogP contribution in [-0.2, 0) is 33.6 Å². The van der Waals surface area contributed by atoms with E-state index in [1.165, 1.54) is 17.5 Å². The van der Waals surface area contributed by atoms with Crippen LogP contribution in [0.3, 0.4) is 0 Å². The minimum Gasteiger partial charge on any atom is -0.481 e. The van der Waals surface area contributed by atoms with Gasteiger partial charge < -0.3 is 14.7 Å². The van der Waals surface area contributed by atoms with E-state index in [1.54, 1.807) is 0 Å². The lowest BCUT2D eigenvalue weighted by atomic mass is 9.84. The van der Waals surface area contributed by atoms with E-state index in [0.717, 1.165) is 31.2 Å². The van der Waals surface area contributed by atoms with Crippen LogP contribution < -0.4 is 0 Å². The van der Waals surface area contributed by atoms with E-state index in [2.05, 4.69) is 18.2 Å². The number of carboxylic acid groups (broad SMARTS) is 1. The number of benzene rings is 1. The molecule has 2 aliphatic heterocycles. The van der Waals surface area contributed by atoms with Crippen molar-refractivity contribution in [1.82, 2.24) is 4.90 Å². The van der Waals surface area contributed by atoms with Gasteiger partial charge in [0.15, 0.2) is 0 Å². The molecule has 1 unspecified atom stereocenters. The number of hydrogen-bond donors (Lipinski definition) is 1. The first-order valence-corrected chi connectivity index (χ1v) is 9.84. The molecule has 1 aromatic carbocycles. The van der Waals surface area contributed by atoms with Crippen molar-refractivity contribution >= 4 is 11.9 Å². The Morgan fingerprint density at radius 3 is 2.65 bits per heavy atom. The van der Waals surface area contributed by atoms with Crippen molar-refractivity contribution in [3.8, 4) is 0 Å². The molecular weight excluding hydrogens is 330 g/mol. The summed E-state index contributed by atoms with van der Waals surface area (Å²) < 4.78 is 5.72. The van der Waals surface area contributed by atoms with Gasteiger partial charge in [-0.15, -0.1) is 0 Å². The zero-order valence-corrected chi connectivity index (χ0v) is 15.2. The fourth-order valence-corrected chi connectivity index (χ4v) is 4.84. The predicted molar refractivity (Wildman–Crippen MR) is 97.0 cm³/mol. The average molecular weight is 357 g/mol. The molecule has 2 atom stereocenters. The molecule has 1 aromatic rings. The van der Waals surface area contributed by atoms with Crippen LogP contribution in [0.1, 0.15) is 42.4 Å². The molecule has 2 fully saturated rings. The molecule has 0 spiro atoms. The van der Waals surface area contributed by atoms with Crippen LogP contribution in [-0.4, -0.2) is 47.7 Å². The summed E-state index contributed by atoms with van der Waals surface area (Å²) in [7, 11) is 0. The standard InChI is InChI=1S/C21H27NO4/c23-19(13-14-4-5-15-2-1-3-17(15)12-14)22-9-6-16(7-10-22)20-18(21(24)25)8-11-26-20/h4-5,12,16,18,20H,1-3,6-11,13H2,(H,24,25)/t18?,20-/m0/s1. The summed E-state index contributed by atoms with van der Waals surface area (Å²) in [5.74, 6) is -0.692. The van der Waals surface area contributed by atoms with E-state index in [4.69, 9.17) is 4.74 Å². The second kappa shape index (κ2) is 7.39. The van der Waals surface area contributed by atoms with Crippen LogP contribution in [0.25, 0.3) is 0 Å². The highest BCUT2D eigenvalue weighted by atomic mass is 16.5. The van der Waals surface area contributed by atoms with Crippen LogP contribution in [0, 0.1) is 11.8 Å². The van der Waals surface area contributed by atoms with E-state index < -0.39 is 5.97 Å². The summed E-state index contributed by atoms with van der Waals surface area (Å²) in [5.41, 5.74) is 3.96. The molecule has 5 heteroatoms. The minimum absolute atomic E-state index is 0.179. The zero-order chi connectivity index (χ0) is 18.1. The number of rotatable bonds is 4. The molecule has 0 radical (unpaired) electrons. The van der Waals surface area contributed by atoms with Gasteiger partial charge in [0.2, 0.25) is 5.91 Å². The molecule has 2 heterocycles. The molecule has 5 nitrogen and oxygen atoms in total. The maximum Gasteiger partial charge on any atom is 0.309 e. The maximum absolute atomic E-state index is 12.7. The Morgan fingerprint density at radius 1 is 1.12 bits per heavy atom. The van der Waals surface area contributed by atoms with Crippen LogP contribution in [0.5, 0.6) is 0 Å². The number of nitrogens with zero attached hydrogens (tertiary/aromatic N) is 1. The van der Waals surface area contributed by atoms with Gasteiger partial charge in [0.25, 0.3) is 0 Å². The van der Waals surface area contributed by atoms with E-state index >= 15 is 0 Å². The molecule has 0 aromatic heterocycles. The number of carbonyl (C=O) groups excluding carboxylic acids is 1. The number of carboxylic acids is 1. The Kier molecular flexibility index (Phi) is 4.98. The van der Waals surface area contributed by atoms with E-state index in [9.17, 15) is 14.7 Å². The monoisotopic (exact) mass is 357 g/mol. The molecule has 0 bridgehead atoms. The summed E-state index contributed by atoms with van der Waals surface area (Å²) in [6.07, 6.45) is 6.09. The summed E-state index contributed by atoms with van der Waals surface area (Å²) in [6.45, 7) is 1.96. The zero-order valence-electron chi connectivity index (χ0n) is 15.2. The largest absolute Gasteiger partial charge is 0.481 e. The quantitative estimate of drug-likeness (QED) is 0.899. The van der Waals surface area contributed by atoms with Crippen LogP contribution in [0.15, 0.2) is 18.2 Å². The van der Waals surface area contributed by atoms with E-state index in [0.29, 0.717) is 32.5 Å². The Bertz CT molecular complexity index is 693. The highest BCUT2D eigenvalue weighted by molar-refractivity contribution is 5.79. The van der Waals surface area contributed by atoms with Gasteiger partial charge in [0.05, 0.1) is 18.4 Å². The number of aryl methyl sites for hydroxylation is 2. The molecular formula is C21H27NO4. The molecule has 26 heavy (non-hydrogen) atoms. The number of carbonyl (C=O) groups is 2. The van der Waals surface area contributed by atoms with Gasteiger partial charge in [-0.3, -0.25) is 9.59 Å². The summed E-state index contributed by atoms with van der Waals surface area (Å²) in [5, 5.41) is 9.34. The molecule has 4 rings (SSSR count). The van der Waals surface area contributed by atoms with E-state index in [1.807, 2.05) is 4.90 Å². The number of ether oxygens (including phenoxy) is 1. The fraction of sp³-hybridized carbons (Fsp3) is 0.619. The van der Waals surface area contributed by atoms with Gasteiger partial charge >= 0.3 is 5.97 Å². The van der Waals surface area contributed by atoms with Crippen molar-refractivity contribution in [2.24, 2.45) is 11.8 Å². The van der Waals surface area contributed by atoms with Gasteiger partial charge in [0, 0.05) is 19.7 Å². The van der Waals surface area contributed by atoms with Gasteiger partial charge in [-0.2, -0.15) is 0 Å². The van der Waals surface area contributed by atoms with Crippen LogP contribution in [0.4, 0.5) is 0 Å². The number of aliphatic carboxylic acids is 1. The predicted octanol–water partition coefficient (Wildman–Crippen LogP) is 2.45. The van der Waals surface area contributed by atoms with Crippen LogP contribution in [0.2, 0.25) is 0 Å². The number of likely N-dealkylation sites (tertiary alicyclic amines) is 1. The van der Waals surface area contributed by atoms with Crippen molar-refractivity contribution in [1.29, 1.82) is 0 Å². The second-order valence-corrected chi connectivity index (χ2v) is 7.92. The number of fused-ring (bicyclic) bond motifs is 1. The van der Waals surface area contributed by atoms with Crippen LogP contribution >= 0.6 is 0 Å². The van der Waals surface area contributed by atoms with Crippen molar-refractivity contribution in [3.05, 3.63) is 34.9 Å². The third-order valence-electron chi connectivity index (χ3n) is 6.33. The van der Waals surface area contributed by atoms with Gasteiger partial charge in [-0.25, -0.2) is 0 Å². The van der Waals surface area contributed by atoms with E-state index in [-0.39, 0.29) is 23.8 Å². The number of amides is 1. The smallest absolute Gasteiger partial charge is 0.309 e. The summed E-state index contributed by atoms with van der Waals surface area (Å²) in [6, 6.07) is 6.48. The first kappa shape index (κ1) is 17.5. The Morgan fingerprint density at radius 2 is 1.88 bits per heavy atom. The molecule has 3 aliphatic rings. The first-order chi connectivity index (χ1) is 12.6. The summed E-state index contributed by atoms with van der Waals surface area (Å²) in [4.78, 5) is 26.0. The lowest BCUT2D eigenvalue weighted by Gasteiger charge is -2.35. The SMILES string of the molecule is O=C(O)C1CCO[C@H]1C1CCN(C(=O)Cc2ccc3c(c2)CCC3)CC1. The molecule has 1 aliphatic carbocycles.